The Kier molecular flexibility index (Phi) is 5.22. The number of carbonyl (C=O) groups is 2. The second-order valence-corrected chi connectivity index (χ2v) is 7.17. The van der Waals surface area contributed by atoms with E-state index >= 15 is 0 Å². The summed E-state index contributed by atoms with van der Waals surface area (Å²) in [5, 5.41) is 5.42. The molecule has 2 amide bonds. The van der Waals surface area contributed by atoms with Gasteiger partial charge in [-0.3, -0.25) is 14.6 Å². The molecule has 30 heavy (non-hydrogen) atoms. The molecule has 0 unspecified atom stereocenters. The number of hydrogen-bond acceptors (Lipinski definition) is 4. The molecule has 6 nitrogen and oxygen atoms in total. The smallest absolute Gasteiger partial charge is 0.258 e. The number of anilines is 2. The van der Waals surface area contributed by atoms with Gasteiger partial charge in [0.1, 0.15) is 17.5 Å². The van der Waals surface area contributed by atoms with E-state index in [-0.39, 0.29) is 23.1 Å². The summed E-state index contributed by atoms with van der Waals surface area (Å²) in [6, 6.07) is 10.0. The fourth-order valence-electron chi connectivity index (χ4n) is 3.44. The molecule has 1 saturated carbocycles. The van der Waals surface area contributed by atoms with Gasteiger partial charge in [-0.2, -0.15) is 0 Å². The van der Waals surface area contributed by atoms with Crippen LogP contribution in [0, 0.1) is 11.6 Å². The minimum atomic E-state index is -0.712. The molecule has 4 rings (SSSR count). The highest BCUT2D eigenvalue weighted by Crippen LogP contribution is 2.44. The van der Waals surface area contributed by atoms with Crippen LogP contribution in [-0.4, -0.2) is 21.8 Å². The van der Waals surface area contributed by atoms with Crippen molar-refractivity contribution in [2.45, 2.75) is 24.7 Å². The molecule has 0 aliphatic heterocycles. The van der Waals surface area contributed by atoms with Crippen molar-refractivity contribution in [1.82, 2.24) is 9.97 Å². The molecule has 2 aromatic heterocycles. The predicted octanol–water partition coefficient (Wildman–Crippen LogP) is 4.07. The number of hydrogen-bond donors (Lipinski definition) is 2. The van der Waals surface area contributed by atoms with E-state index in [0.717, 1.165) is 24.2 Å². The zero-order valence-corrected chi connectivity index (χ0v) is 15.9. The number of nitrogens with one attached hydrogen (secondary N) is 2. The molecule has 0 bridgehead atoms. The summed E-state index contributed by atoms with van der Waals surface area (Å²) in [6.07, 6.45) is 6.07. The summed E-state index contributed by atoms with van der Waals surface area (Å²) in [5.74, 6) is -1.41. The van der Waals surface area contributed by atoms with E-state index in [9.17, 15) is 18.4 Å². The highest BCUT2D eigenvalue weighted by Gasteiger charge is 2.45. The summed E-state index contributed by atoms with van der Waals surface area (Å²) in [5.41, 5.74) is 0.623. The Labute approximate surface area is 171 Å². The van der Waals surface area contributed by atoms with Gasteiger partial charge in [0, 0.05) is 18.1 Å². The maximum Gasteiger partial charge on any atom is 0.258 e. The average molecular weight is 408 g/mol. The largest absolute Gasteiger partial charge is 0.325 e. The Hall–Kier alpha value is -3.68. The molecule has 3 aromatic rings. The minimum absolute atomic E-state index is 0.0787. The van der Waals surface area contributed by atoms with Crippen LogP contribution in [-0.2, 0) is 10.2 Å². The summed E-state index contributed by atoms with van der Waals surface area (Å²) in [6.45, 7) is 0. The number of pyridine rings is 2. The monoisotopic (exact) mass is 408 g/mol. The van der Waals surface area contributed by atoms with Gasteiger partial charge in [-0.1, -0.05) is 12.5 Å². The van der Waals surface area contributed by atoms with Crippen molar-refractivity contribution < 1.29 is 18.4 Å². The van der Waals surface area contributed by atoms with E-state index in [1.807, 2.05) is 0 Å². The van der Waals surface area contributed by atoms with Gasteiger partial charge < -0.3 is 10.6 Å². The summed E-state index contributed by atoms with van der Waals surface area (Å²) >= 11 is 0. The first-order chi connectivity index (χ1) is 14.5. The quantitative estimate of drug-likeness (QED) is 0.667. The Morgan fingerprint density at radius 3 is 2.27 bits per heavy atom. The van der Waals surface area contributed by atoms with Crippen molar-refractivity contribution in [3.05, 3.63) is 83.8 Å². The van der Waals surface area contributed by atoms with E-state index in [1.54, 1.807) is 18.3 Å². The number of halogens is 2. The van der Waals surface area contributed by atoms with Crippen molar-refractivity contribution >= 4 is 23.3 Å². The van der Waals surface area contributed by atoms with Crippen LogP contribution in [0.25, 0.3) is 0 Å². The second-order valence-electron chi connectivity index (χ2n) is 7.17. The van der Waals surface area contributed by atoms with E-state index in [1.165, 1.54) is 30.5 Å². The molecule has 0 spiro atoms. The lowest BCUT2D eigenvalue weighted by molar-refractivity contribution is -0.124. The fourth-order valence-corrected chi connectivity index (χ4v) is 3.44. The molecule has 0 saturated heterocycles. The number of amides is 2. The van der Waals surface area contributed by atoms with E-state index < -0.39 is 17.1 Å². The number of rotatable bonds is 5. The molecule has 152 valence electrons. The van der Waals surface area contributed by atoms with Crippen molar-refractivity contribution in [1.29, 1.82) is 0 Å². The molecule has 8 heteroatoms. The van der Waals surface area contributed by atoms with Crippen LogP contribution in [0.5, 0.6) is 0 Å². The van der Waals surface area contributed by atoms with Crippen LogP contribution in [0.1, 0.15) is 35.2 Å². The average Bonchev–Trinajstić information content (AvgIpc) is 2.70. The van der Waals surface area contributed by atoms with E-state index in [4.69, 9.17) is 0 Å². The van der Waals surface area contributed by atoms with Gasteiger partial charge >= 0.3 is 0 Å². The third kappa shape index (κ3) is 3.89. The van der Waals surface area contributed by atoms with Crippen LogP contribution in [0.3, 0.4) is 0 Å². The van der Waals surface area contributed by atoms with Crippen LogP contribution in [0.15, 0.2) is 61.1 Å². The number of benzene rings is 1. The molecule has 0 atom stereocenters. The number of nitrogens with zero attached hydrogens (tertiary/aromatic N) is 2. The molecule has 1 aliphatic carbocycles. The summed E-state index contributed by atoms with van der Waals surface area (Å²) in [4.78, 5) is 33.0. The minimum Gasteiger partial charge on any atom is -0.325 e. The number of carbonyl (C=O) groups excluding carboxylic acids is 2. The first-order valence-electron chi connectivity index (χ1n) is 9.42. The van der Waals surface area contributed by atoms with Crippen LogP contribution < -0.4 is 10.6 Å². The normalized spacial score (nSPS) is 14.5. The van der Waals surface area contributed by atoms with Crippen LogP contribution in [0.4, 0.5) is 20.3 Å². The first kappa shape index (κ1) is 19.6. The van der Waals surface area contributed by atoms with Crippen molar-refractivity contribution in [3.8, 4) is 0 Å². The molecule has 2 N–H and O–H groups in total. The van der Waals surface area contributed by atoms with Gasteiger partial charge in [0.25, 0.3) is 5.91 Å². The van der Waals surface area contributed by atoms with Crippen LogP contribution in [0.2, 0.25) is 0 Å². The lowest BCUT2D eigenvalue weighted by Gasteiger charge is -2.40. The van der Waals surface area contributed by atoms with Gasteiger partial charge in [0.15, 0.2) is 0 Å². The molecule has 2 heterocycles. The topological polar surface area (TPSA) is 84.0 Å². The molecular formula is C22H18F2N4O2. The van der Waals surface area contributed by atoms with Gasteiger partial charge in [-0.15, -0.1) is 0 Å². The number of aromatic nitrogens is 2. The highest BCUT2D eigenvalue weighted by molar-refractivity contribution is 6.03. The Balaban J connectivity index is 1.48. The Bertz CT molecular complexity index is 1080. The summed E-state index contributed by atoms with van der Waals surface area (Å²) in [7, 11) is 0. The SMILES string of the molecule is O=C(Nc1ccc(C2(C(=O)Nc3ccc(F)cc3)CCC2)cn1)c1cncc(F)c1. The maximum absolute atomic E-state index is 13.2. The van der Waals surface area contributed by atoms with Gasteiger partial charge in [0.2, 0.25) is 5.91 Å². The van der Waals surface area contributed by atoms with Gasteiger partial charge in [-0.05, 0) is 54.8 Å². The highest BCUT2D eigenvalue weighted by atomic mass is 19.1. The molecule has 1 aromatic carbocycles. The van der Waals surface area contributed by atoms with Crippen molar-refractivity contribution in [3.63, 3.8) is 0 Å². The zero-order valence-electron chi connectivity index (χ0n) is 15.9. The van der Waals surface area contributed by atoms with Gasteiger partial charge in [0.05, 0.1) is 17.2 Å². The molecule has 0 radical (unpaired) electrons. The second kappa shape index (κ2) is 7.98. The lowest BCUT2D eigenvalue weighted by Crippen LogP contribution is -2.46. The van der Waals surface area contributed by atoms with Crippen molar-refractivity contribution in [2.75, 3.05) is 10.6 Å². The maximum atomic E-state index is 13.2. The fraction of sp³-hybridized carbons (Fsp3) is 0.182. The molecule has 1 aliphatic rings. The van der Waals surface area contributed by atoms with E-state index in [2.05, 4.69) is 20.6 Å². The van der Waals surface area contributed by atoms with Crippen molar-refractivity contribution in [2.24, 2.45) is 0 Å². The lowest BCUT2D eigenvalue weighted by atomic mass is 9.64. The molecule has 1 fully saturated rings. The Morgan fingerprint density at radius 2 is 1.67 bits per heavy atom. The predicted molar refractivity (Wildman–Crippen MR) is 107 cm³/mol. The van der Waals surface area contributed by atoms with E-state index in [0.29, 0.717) is 18.5 Å². The van der Waals surface area contributed by atoms with Gasteiger partial charge in [-0.25, -0.2) is 13.8 Å². The third-order valence-electron chi connectivity index (χ3n) is 5.27. The standard InChI is InChI=1S/C22H18F2N4O2/c23-16-3-5-18(6-4-16)27-21(30)22(8-1-9-22)15-2-7-19(26-12-15)28-20(29)14-10-17(24)13-25-11-14/h2-7,10-13H,1,8-9H2,(H,27,30)(H,26,28,29). The Morgan fingerprint density at radius 1 is 0.900 bits per heavy atom. The first-order valence-corrected chi connectivity index (χ1v) is 9.42. The zero-order chi connectivity index (χ0) is 21.1. The molecular weight excluding hydrogens is 390 g/mol. The van der Waals surface area contributed by atoms with Crippen LogP contribution >= 0.6 is 0 Å². The summed E-state index contributed by atoms with van der Waals surface area (Å²) < 4.78 is 26.3. The third-order valence-corrected chi connectivity index (χ3v) is 5.27.